The molecule has 5 nitrogen and oxygen atoms in total. The van der Waals surface area contributed by atoms with Crippen molar-refractivity contribution in [3.8, 4) is 17.2 Å². The van der Waals surface area contributed by atoms with Crippen molar-refractivity contribution in [3.63, 3.8) is 0 Å². The van der Waals surface area contributed by atoms with Gasteiger partial charge in [-0.1, -0.05) is 30.3 Å². The van der Waals surface area contributed by atoms with E-state index in [1.165, 1.54) is 0 Å². The molecule has 2 aromatic carbocycles. The van der Waals surface area contributed by atoms with Crippen LogP contribution in [0.4, 0.5) is 0 Å². The summed E-state index contributed by atoms with van der Waals surface area (Å²) in [4.78, 5) is 17.1. The SMILES string of the molecule is N#Cc1cccc(-c2cccc(C3(C4CC4)N=C(N)NC3=O)c2)c1. The van der Waals surface area contributed by atoms with Crippen molar-refractivity contribution in [1.82, 2.24) is 5.32 Å². The maximum atomic E-state index is 12.6. The van der Waals surface area contributed by atoms with Crippen LogP contribution in [0, 0.1) is 17.2 Å². The quantitative estimate of drug-likeness (QED) is 0.910. The van der Waals surface area contributed by atoms with Gasteiger partial charge in [-0.25, -0.2) is 4.99 Å². The molecular formula is C19H16N4O. The smallest absolute Gasteiger partial charge is 0.259 e. The fraction of sp³-hybridized carbons (Fsp3) is 0.211. The van der Waals surface area contributed by atoms with E-state index in [-0.39, 0.29) is 17.8 Å². The number of aliphatic imine (C=N–C) groups is 1. The van der Waals surface area contributed by atoms with Crippen molar-refractivity contribution in [1.29, 1.82) is 5.26 Å². The summed E-state index contributed by atoms with van der Waals surface area (Å²) < 4.78 is 0. The number of nitrogens with one attached hydrogen (secondary N) is 1. The van der Waals surface area contributed by atoms with Crippen LogP contribution in [0.5, 0.6) is 0 Å². The van der Waals surface area contributed by atoms with E-state index < -0.39 is 5.54 Å². The zero-order chi connectivity index (χ0) is 16.7. The van der Waals surface area contributed by atoms with E-state index in [1.54, 1.807) is 6.07 Å². The Morgan fingerprint density at radius 3 is 2.50 bits per heavy atom. The van der Waals surface area contributed by atoms with Gasteiger partial charge in [-0.15, -0.1) is 0 Å². The normalized spacial score (nSPS) is 22.6. The molecule has 1 heterocycles. The van der Waals surface area contributed by atoms with Crippen LogP contribution in [0.3, 0.4) is 0 Å². The molecule has 1 aliphatic carbocycles. The molecular weight excluding hydrogens is 300 g/mol. The van der Waals surface area contributed by atoms with Crippen LogP contribution >= 0.6 is 0 Å². The Balaban J connectivity index is 1.83. The summed E-state index contributed by atoms with van der Waals surface area (Å²) in [7, 11) is 0. The zero-order valence-electron chi connectivity index (χ0n) is 13.0. The van der Waals surface area contributed by atoms with Crippen molar-refractivity contribution < 1.29 is 4.79 Å². The molecule has 4 rings (SSSR count). The van der Waals surface area contributed by atoms with Gasteiger partial charge >= 0.3 is 0 Å². The number of rotatable bonds is 3. The van der Waals surface area contributed by atoms with Crippen LogP contribution in [-0.2, 0) is 10.3 Å². The van der Waals surface area contributed by atoms with E-state index in [0.717, 1.165) is 29.5 Å². The second-order valence-electron chi connectivity index (χ2n) is 6.27. The number of benzene rings is 2. The van der Waals surface area contributed by atoms with E-state index in [2.05, 4.69) is 16.4 Å². The van der Waals surface area contributed by atoms with Gasteiger partial charge in [0.1, 0.15) is 0 Å². The molecule has 0 aromatic heterocycles. The highest BCUT2D eigenvalue weighted by Gasteiger charge is 2.55. The Morgan fingerprint density at radius 1 is 1.17 bits per heavy atom. The third-order valence-electron chi connectivity index (χ3n) is 4.68. The maximum Gasteiger partial charge on any atom is 0.259 e. The molecule has 0 spiro atoms. The Kier molecular flexibility index (Phi) is 3.14. The van der Waals surface area contributed by atoms with E-state index in [0.29, 0.717) is 5.56 Å². The van der Waals surface area contributed by atoms with Crippen LogP contribution in [0.1, 0.15) is 24.0 Å². The Labute approximate surface area is 139 Å². The summed E-state index contributed by atoms with van der Waals surface area (Å²) in [6.45, 7) is 0. The summed E-state index contributed by atoms with van der Waals surface area (Å²) >= 11 is 0. The lowest BCUT2D eigenvalue weighted by Crippen LogP contribution is -2.40. The highest BCUT2D eigenvalue weighted by atomic mass is 16.2. The number of hydrogen-bond acceptors (Lipinski definition) is 4. The minimum Gasteiger partial charge on any atom is -0.370 e. The van der Waals surface area contributed by atoms with E-state index in [4.69, 9.17) is 11.0 Å². The van der Waals surface area contributed by atoms with Crippen molar-refractivity contribution in [2.75, 3.05) is 0 Å². The molecule has 1 unspecified atom stereocenters. The molecule has 0 saturated heterocycles. The summed E-state index contributed by atoms with van der Waals surface area (Å²) in [5, 5.41) is 11.7. The number of carbonyl (C=O) groups is 1. The second kappa shape index (κ2) is 5.20. The largest absolute Gasteiger partial charge is 0.370 e. The van der Waals surface area contributed by atoms with E-state index in [9.17, 15) is 4.79 Å². The van der Waals surface area contributed by atoms with Crippen LogP contribution < -0.4 is 11.1 Å². The zero-order valence-corrected chi connectivity index (χ0v) is 13.0. The topological polar surface area (TPSA) is 91.3 Å². The molecule has 1 saturated carbocycles. The highest BCUT2D eigenvalue weighted by Crippen LogP contribution is 2.50. The second-order valence-corrected chi connectivity index (χ2v) is 6.27. The molecule has 0 bridgehead atoms. The van der Waals surface area contributed by atoms with Gasteiger partial charge in [0.15, 0.2) is 11.5 Å². The van der Waals surface area contributed by atoms with Gasteiger partial charge in [-0.3, -0.25) is 10.1 Å². The lowest BCUT2D eigenvalue weighted by Gasteiger charge is -2.24. The number of guanidine groups is 1. The molecule has 118 valence electrons. The summed E-state index contributed by atoms with van der Waals surface area (Å²) in [6, 6.07) is 17.4. The van der Waals surface area contributed by atoms with Gasteiger partial charge in [0, 0.05) is 0 Å². The monoisotopic (exact) mass is 316 g/mol. The average Bonchev–Trinajstić information content (AvgIpc) is 3.41. The van der Waals surface area contributed by atoms with E-state index in [1.807, 2.05) is 42.5 Å². The molecule has 1 amide bonds. The van der Waals surface area contributed by atoms with Gasteiger partial charge in [0.05, 0.1) is 11.6 Å². The minimum absolute atomic E-state index is 0.148. The standard InChI is InChI=1S/C19H16N4O/c20-11-12-3-1-4-13(9-12)14-5-2-6-16(10-14)19(15-7-8-15)17(24)22-18(21)23-19/h1-6,9-10,15H,7-8H2,(H3,21,22,23,24). The Hall–Kier alpha value is -3.13. The van der Waals surface area contributed by atoms with Gasteiger partial charge in [0.2, 0.25) is 0 Å². The van der Waals surface area contributed by atoms with Gasteiger partial charge in [-0.05, 0) is 53.6 Å². The first-order valence-corrected chi connectivity index (χ1v) is 7.91. The first-order chi connectivity index (χ1) is 11.6. The predicted molar refractivity (Wildman–Crippen MR) is 90.8 cm³/mol. The first-order valence-electron chi connectivity index (χ1n) is 7.91. The number of carbonyl (C=O) groups excluding carboxylic acids is 1. The summed E-state index contributed by atoms with van der Waals surface area (Å²) in [5.74, 6) is 0.230. The molecule has 0 radical (unpaired) electrons. The lowest BCUT2D eigenvalue weighted by molar-refractivity contribution is -0.124. The molecule has 1 fully saturated rings. The average molecular weight is 316 g/mol. The number of nitriles is 1. The molecule has 1 atom stereocenters. The first kappa shape index (κ1) is 14.5. The van der Waals surface area contributed by atoms with Crippen molar-refractivity contribution in [3.05, 3.63) is 59.7 Å². The number of nitrogens with zero attached hydrogens (tertiary/aromatic N) is 2. The Bertz CT molecular complexity index is 908. The fourth-order valence-corrected chi connectivity index (χ4v) is 3.39. The van der Waals surface area contributed by atoms with Gasteiger partial charge in [0.25, 0.3) is 5.91 Å². The molecule has 1 aliphatic heterocycles. The Morgan fingerprint density at radius 2 is 1.88 bits per heavy atom. The molecule has 24 heavy (non-hydrogen) atoms. The molecule has 3 N–H and O–H groups in total. The summed E-state index contributed by atoms with van der Waals surface area (Å²) in [5.41, 5.74) is 8.22. The van der Waals surface area contributed by atoms with Crippen LogP contribution in [0.15, 0.2) is 53.5 Å². The minimum atomic E-state index is -0.910. The van der Waals surface area contributed by atoms with Crippen LogP contribution in [0.25, 0.3) is 11.1 Å². The third-order valence-corrected chi connectivity index (χ3v) is 4.68. The van der Waals surface area contributed by atoms with Crippen molar-refractivity contribution >= 4 is 11.9 Å². The van der Waals surface area contributed by atoms with Gasteiger partial charge < -0.3 is 5.73 Å². The van der Waals surface area contributed by atoms with Crippen LogP contribution in [-0.4, -0.2) is 11.9 Å². The van der Waals surface area contributed by atoms with Gasteiger partial charge in [-0.2, -0.15) is 5.26 Å². The van der Waals surface area contributed by atoms with Crippen molar-refractivity contribution in [2.45, 2.75) is 18.4 Å². The molecule has 5 heteroatoms. The predicted octanol–water partition coefficient (Wildman–Crippen LogP) is 2.28. The highest BCUT2D eigenvalue weighted by molar-refractivity contribution is 6.07. The van der Waals surface area contributed by atoms with Crippen molar-refractivity contribution in [2.24, 2.45) is 16.6 Å². The summed E-state index contributed by atoms with van der Waals surface area (Å²) in [6.07, 6.45) is 1.94. The third kappa shape index (κ3) is 2.16. The fourth-order valence-electron chi connectivity index (χ4n) is 3.39. The molecule has 2 aromatic rings. The number of nitrogens with two attached hydrogens (primary N) is 1. The molecule has 2 aliphatic rings. The van der Waals surface area contributed by atoms with E-state index >= 15 is 0 Å². The lowest BCUT2D eigenvalue weighted by atomic mass is 9.84. The van der Waals surface area contributed by atoms with Crippen LogP contribution in [0.2, 0.25) is 0 Å². The number of hydrogen-bond donors (Lipinski definition) is 2. The maximum absolute atomic E-state index is 12.6. The number of amides is 1.